The molecule has 4 heterocycles. The lowest BCUT2D eigenvalue weighted by atomic mass is 10.0. The second-order valence-corrected chi connectivity index (χ2v) is 8.16. The van der Waals surface area contributed by atoms with Gasteiger partial charge in [-0.3, -0.25) is 14.7 Å². The molecule has 0 aliphatic carbocycles. The summed E-state index contributed by atoms with van der Waals surface area (Å²) in [6.45, 7) is 6.85. The van der Waals surface area contributed by atoms with Crippen molar-refractivity contribution in [3.8, 4) is 0 Å². The van der Waals surface area contributed by atoms with E-state index in [1.54, 1.807) is 0 Å². The maximum atomic E-state index is 12.8. The first-order valence-corrected chi connectivity index (χ1v) is 9.63. The van der Waals surface area contributed by atoms with Crippen molar-refractivity contribution in [1.82, 2.24) is 14.8 Å². The van der Waals surface area contributed by atoms with E-state index in [-0.39, 0.29) is 18.0 Å². The highest BCUT2D eigenvalue weighted by atomic mass is 16.5. The normalized spacial score (nSPS) is 31.2. The van der Waals surface area contributed by atoms with Crippen LogP contribution in [0, 0.1) is 5.92 Å². The summed E-state index contributed by atoms with van der Waals surface area (Å²) >= 11 is 0. The molecule has 26 heavy (non-hydrogen) atoms. The minimum absolute atomic E-state index is 0.158. The van der Waals surface area contributed by atoms with Gasteiger partial charge in [0.1, 0.15) is 0 Å². The molecular weight excluding hydrogens is 326 g/mol. The molecule has 1 spiro atoms. The Kier molecular flexibility index (Phi) is 3.59. The van der Waals surface area contributed by atoms with Crippen LogP contribution in [0.5, 0.6) is 0 Å². The van der Waals surface area contributed by atoms with E-state index < -0.39 is 5.72 Å². The Bertz CT molecular complexity index is 862. The number of carbonyl (C=O) groups excluding carboxylic acids is 1. The van der Waals surface area contributed by atoms with Gasteiger partial charge in [-0.05, 0) is 23.6 Å². The zero-order chi connectivity index (χ0) is 17.9. The molecule has 3 aliphatic heterocycles. The minimum atomic E-state index is -0.394. The summed E-state index contributed by atoms with van der Waals surface area (Å²) in [6, 6.07) is 10.8. The summed E-state index contributed by atoms with van der Waals surface area (Å²) in [5, 5.41) is 1.20. The van der Waals surface area contributed by atoms with E-state index in [1.807, 2.05) is 12.3 Å². The number of carbonyl (C=O) groups is 1. The molecule has 3 atom stereocenters. The molecule has 0 saturated carbocycles. The molecule has 0 unspecified atom stereocenters. The predicted octanol–water partition coefficient (Wildman–Crippen LogP) is 2.79. The van der Waals surface area contributed by atoms with Crippen molar-refractivity contribution < 1.29 is 9.53 Å². The van der Waals surface area contributed by atoms with Crippen molar-refractivity contribution in [3.05, 3.63) is 42.1 Å². The number of ether oxygens (including phenoxy) is 1. The third kappa shape index (κ3) is 2.17. The fourth-order valence-corrected chi connectivity index (χ4v) is 5.16. The summed E-state index contributed by atoms with van der Waals surface area (Å²) in [4.78, 5) is 21.8. The molecule has 0 N–H and O–H groups in total. The van der Waals surface area contributed by atoms with Crippen molar-refractivity contribution in [2.45, 2.75) is 51.0 Å². The maximum Gasteiger partial charge on any atom is 0.226 e. The molecule has 5 rings (SSSR count). The van der Waals surface area contributed by atoms with Gasteiger partial charge in [0.25, 0.3) is 0 Å². The zero-order valence-electron chi connectivity index (χ0n) is 15.4. The Morgan fingerprint density at radius 3 is 3.00 bits per heavy atom. The van der Waals surface area contributed by atoms with Crippen LogP contribution in [0.2, 0.25) is 0 Å². The monoisotopic (exact) mass is 351 g/mol. The smallest absolute Gasteiger partial charge is 0.226 e. The van der Waals surface area contributed by atoms with Gasteiger partial charge in [-0.1, -0.05) is 32.0 Å². The summed E-state index contributed by atoms with van der Waals surface area (Å²) in [6.07, 6.45) is 3.37. The second kappa shape index (κ2) is 5.76. The van der Waals surface area contributed by atoms with Gasteiger partial charge in [0.05, 0.1) is 24.2 Å². The predicted molar refractivity (Wildman–Crippen MR) is 99.3 cm³/mol. The van der Waals surface area contributed by atoms with E-state index in [9.17, 15) is 4.79 Å². The van der Waals surface area contributed by atoms with Gasteiger partial charge in [0, 0.05) is 37.5 Å². The van der Waals surface area contributed by atoms with Crippen LogP contribution in [0.4, 0.5) is 0 Å². The SMILES string of the molecule is CC(C)[C@@H]1CO[C@@]23CCN(Cc4ccnc5ccccc45)[C@@H]2CC(=O)N13. The first-order valence-electron chi connectivity index (χ1n) is 9.63. The van der Waals surface area contributed by atoms with E-state index in [1.165, 1.54) is 10.9 Å². The number of aromatic nitrogens is 1. The van der Waals surface area contributed by atoms with Crippen molar-refractivity contribution in [1.29, 1.82) is 0 Å². The fourth-order valence-electron chi connectivity index (χ4n) is 5.16. The Labute approximate surface area is 153 Å². The van der Waals surface area contributed by atoms with E-state index >= 15 is 0 Å². The molecule has 1 amide bonds. The molecular formula is C21H25N3O2. The Hall–Kier alpha value is -1.98. The lowest BCUT2D eigenvalue weighted by Crippen LogP contribution is -2.50. The number of rotatable bonds is 3. The van der Waals surface area contributed by atoms with Gasteiger partial charge in [0.15, 0.2) is 5.72 Å². The standard InChI is InChI=1S/C21H25N3O2/c1-14(2)18-13-26-21-8-10-23(19(21)11-20(25)24(18)21)12-15-7-9-22-17-6-4-3-5-16(15)17/h3-7,9,14,18-19H,8,10-13H2,1-2H3/t18-,19+,21-/m0/s1. The molecule has 3 aliphatic rings. The zero-order valence-corrected chi connectivity index (χ0v) is 15.4. The molecule has 0 radical (unpaired) electrons. The molecule has 5 heteroatoms. The molecule has 0 bridgehead atoms. The number of hydrogen-bond donors (Lipinski definition) is 0. The van der Waals surface area contributed by atoms with Gasteiger partial charge < -0.3 is 9.64 Å². The average Bonchev–Trinajstić information content (AvgIpc) is 3.26. The van der Waals surface area contributed by atoms with Crippen molar-refractivity contribution in [2.75, 3.05) is 13.2 Å². The van der Waals surface area contributed by atoms with E-state index in [0.29, 0.717) is 18.9 Å². The van der Waals surface area contributed by atoms with Crippen LogP contribution in [0.25, 0.3) is 10.9 Å². The highest BCUT2D eigenvalue weighted by molar-refractivity contribution is 5.83. The quantitative estimate of drug-likeness (QED) is 0.853. The van der Waals surface area contributed by atoms with Crippen LogP contribution in [-0.2, 0) is 16.1 Å². The number of nitrogens with zero attached hydrogens (tertiary/aromatic N) is 3. The van der Waals surface area contributed by atoms with Gasteiger partial charge in [-0.15, -0.1) is 0 Å². The van der Waals surface area contributed by atoms with Crippen molar-refractivity contribution >= 4 is 16.8 Å². The third-order valence-corrected chi connectivity index (χ3v) is 6.48. The summed E-state index contributed by atoms with van der Waals surface area (Å²) < 4.78 is 6.34. The lowest BCUT2D eigenvalue weighted by molar-refractivity contribution is -0.139. The number of benzene rings is 1. The molecule has 3 fully saturated rings. The maximum absolute atomic E-state index is 12.8. The van der Waals surface area contributed by atoms with Gasteiger partial charge in [-0.25, -0.2) is 0 Å². The van der Waals surface area contributed by atoms with Crippen LogP contribution in [-0.4, -0.2) is 51.7 Å². The number of pyridine rings is 1. The van der Waals surface area contributed by atoms with Gasteiger partial charge >= 0.3 is 0 Å². The average molecular weight is 351 g/mol. The summed E-state index contributed by atoms with van der Waals surface area (Å²) in [5.41, 5.74) is 1.91. The Morgan fingerprint density at radius 2 is 2.15 bits per heavy atom. The molecule has 2 aromatic rings. The molecule has 136 valence electrons. The Morgan fingerprint density at radius 1 is 1.31 bits per heavy atom. The summed E-state index contributed by atoms with van der Waals surface area (Å²) in [7, 11) is 0. The number of para-hydroxylation sites is 1. The second-order valence-electron chi connectivity index (χ2n) is 8.16. The third-order valence-electron chi connectivity index (χ3n) is 6.48. The first kappa shape index (κ1) is 16.2. The van der Waals surface area contributed by atoms with E-state index in [2.05, 4.69) is 52.9 Å². The molecule has 3 saturated heterocycles. The summed E-state index contributed by atoms with van der Waals surface area (Å²) in [5.74, 6) is 0.686. The van der Waals surface area contributed by atoms with Crippen LogP contribution in [0.15, 0.2) is 36.5 Å². The number of amides is 1. The van der Waals surface area contributed by atoms with Crippen LogP contribution < -0.4 is 0 Å². The van der Waals surface area contributed by atoms with Gasteiger partial charge in [-0.2, -0.15) is 0 Å². The number of likely N-dealkylation sites (tertiary alicyclic amines) is 1. The van der Waals surface area contributed by atoms with Crippen LogP contribution in [0.3, 0.4) is 0 Å². The lowest BCUT2D eigenvalue weighted by Gasteiger charge is -2.34. The van der Waals surface area contributed by atoms with E-state index in [0.717, 1.165) is 25.0 Å². The van der Waals surface area contributed by atoms with Gasteiger partial charge in [0.2, 0.25) is 5.91 Å². The van der Waals surface area contributed by atoms with Crippen LogP contribution >= 0.6 is 0 Å². The largest absolute Gasteiger partial charge is 0.352 e. The Balaban J connectivity index is 1.46. The minimum Gasteiger partial charge on any atom is -0.352 e. The molecule has 1 aromatic carbocycles. The first-order chi connectivity index (χ1) is 12.6. The number of fused-ring (bicyclic) bond motifs is 1. The van der Waals surface area contributed by atoms with E-state index in [4.69, 9.17) is 4.74 Å². The highest BCUT2D eigenvalue weighted by Crippen LogP contribution is 2.49. The highest BCUT2D eigenvalue weighted by Gasteiger charge is 2.64. The van der Waals surface area contributed by atoms with Crippen molar-refractivity contribution in [2.24, 2.45) is 5.92 Å². The fraction of sp³-hybridized carbons (Fsp3) is 0.524. The number of hydrogen-bond acceptors (Lipinski definition) is 4. The topological polar surface area (TPSA) is 45.7 Å². The molecule has 5 nitrogen and oxygen atoms in total. The molecule has 1 aromatic heterocycles. The van der Waals surface area contributed by atoms with Crippen molar-refractivity contribution in [3.63, 3.8) is 0 Å². The van der Waals surface area contributed by atoms with Crippen LogP contribution in [0.1, 0.15) is 32.3 Å².